The molecule has 0 radical (unpaired) electrons. The minimum absolute atomic E-state index is 0.0964. The molecule has 1 amide bonds. The number of hydrogen-bond donors (Lipinski definition) is 1. The molecular weight excluding hydrogens is 390 g/mol. The standard InChI is InChI=1S/C20H21Cl2FN2O2/c1-27-19-3-2-13(8-18(19)23)12-25-6-4-17(5-7-25)24-20(26)14-9-15(21)11-16(22)10-14/h2-3,8-11,17H,4-7,12H2,1H3,(H,24,26). The van der Waals surface area contributed by atoms with E-state index in [1.807, 2.05) is 6.07 Å². The van der Waals surface area contributed by atoms with Crippen LogP contribution in [0.1, 0.15) is 28.8 Å². The van der Waals surface area contributed by atoms with Crippen LogP contribution in [0.25, 0.3) is 0 Å². The number of hydrogen-bond acceptors (Lipinski definition) is 3. The number of amides is 1. The molecule has 1 fully saturated rings. The van der Waals surface area contributed by atoms with Crippen molar-refractivity contribution in [2.75, 3.05) is 20.2 Å². The molecular formula is C20H21Cl2FN2O2. The van der Waals surface area contributed by atoms with Gasteiger partial charge in [0.05, 0.1) is 7.11 Å². The zero-order valence-corrected chi connectivity index (χ0v) is 16.5. The van der Waals surface area contributed by atoms with E-state index in [9.17, 15) is 9.18 Å². The minimum Gasteiger partial charge on any atom is -0.494 e. The molecule has 0 unspecified atom stereocenters. The Bertz CT molecular complexity index is 803. The quantitative estimate of drug-likeness (QED) is 0.786. The summed E-state index contributed by atoms with van der Waals surface area (Å²) in [5.41, 5.74) is 1.37. The molecule has 1 saturated heterocycles. The molecule has 0 saturated carbocycles. The van der Waals surface area contributed by atoms with Crippen LogP contribution < -0.4 is 10.1 Å². The fraction of sp³-hybridized carbons (Fsp3) is 0.350. The van der Waals surface area contributed by atoms with Crippen LogP contribution in [0.5, 0.6) is 5.75 Å². The van der Waals surface area contributed by atoms with Crippen molar-refractivity contribution in [2.24, 2.45) is 0 Å². The zero-order chi connectivity index (χ0) is 19.4. The molecule has 144 valence electrons. The van der Waals surface area contributed by atoms with Crippen LogP contribution in [0.3, 0.4) is 0 Å². The summed E-state index contributed by atoms with van der Waals surface area (Å²) in [6.07, 6.45) is 1.66. The van der Waals surface area contributed by atoms with E-state index in [0.717, 1.165) is 31.5 Å². The summed E-state index contributed by atoms with van der Waals surface area (Å²) in [5, 5.41) is 3.92. The van der Waals surface area contributed by atoms with Crippen LogP contribution in [0, 0.1) is 5.82 Å². The molecule has 1 heterocycles. The van der Waals surface area contributed by atoms with Crippen LogP contribution in [0.15, 0.2) is 36.4 Å². The zero-order valence-electron chi connectivity index (χ0n) is 15.0. The Morgan fingerprint density at radius 2 is 1.85 bits per heavy atom. The van der Waals surface area contributed by atoms with Crippen molar-refractivity contribution < 1.29 is 13.9 Å². The lowest BCUT2D eigenvalue weighted by atomic mass is 10.0. The van der Waals surface area contributed by atoms with Crippen LogP contribution in [-0.2, 0) is 6.54 Å². The van der Waals surface area contributed by atoms with Crippen molar-refractivity contribution in [3.05, 3.63) is 63.4 Å². The van der Waals surface area contributed by atoms with Gasteiger partial charge >= 0.3 is 0 Å². The Morgan fingerprint density at radius 1 is 1.19 bits per heavy atom. The second-order valence-corrected chi connectivity index (χ2v) is 7.52. The summed E-state index contributed by atoms with van der Waals surface area (Å²) in [5.74, 6) is -0.270. The molecule has 2 aromatic rings. The smallest absolute Gasteiger partial charge is 0.251 e. The molecule has 3 rings (SSSR count). The average Bonchev–Trinajstić information content (AvgIpc) is 2.63. The van der Waals surface area contributed by atoms with Crippen LogP contribution in [0.4, 0.5) is 4.39 Å². The molecule has 1 aliphatic rings. The first-order valence-corrected chi connectivity index (χ1v) is 9.52. The highest BCUT2D eigenvalue weighted by atomic mass is 35.5. The molecule has 0 aromatic heterocycles. The van der Waals surface area contributed by atoms with Crippen molar-refractivity contribution in [2.45, 2.75) is 25.4 Å². The van der Waals surface area contributed by atoms with Gasteiger partial charge in [-0.2, -0.15) is 0 Å². The Hall–Kier alpha value is -1.82. The van der Waals surface area contributed by atoms with E-state index in [1.165, 1.54) is 13.2 Å². The third-order valence-electron chi connectivity index (χ3n) is 4.67. The van der Waals surface area contributed by atoms with Crippen molar-refractivity contribution in [1.82, 2.24) is 10.2 Å². The number of carbonyl (C=O) groups excluding carboxylic acids is 1. The van der Waals surface area contributed by atoms with Gasteiger partial charge in [0.1, 0.15) is 0 Å². The van der Waals surface area contributed by atoms with Gasteiger partial charge in [0.15, 0.2) is 11.6 Å². The van der Waals surface area contributed by atoms with Gasteiger partial charge in [-0.25, -0.2) is 4.39 Å². The lowest BCUT2D eigenvalue weighted by molar-refractivity contribution is 0.0909. The molecule has 0 aliphatic carbocycles. The Kier molecular flexibility index (Phi) is 6.58. The Balaban J connectivity index is 1.51. The SMILES string of the molecule is COc1ccc(CN2CCC(NC(=O)c3cc(Cl)cc(Cl)c3)CC2)cc1F. The lowest BCUT2D eigenvalue weighted by Crippen LogP contribution is -2.44. The maximum absolute atomic E-state index is 13.8. The summed E-state index contributed by atoms with van der Waals surface area (Å²) in [6, 6.07) is 9.94. The van der Waals surface area contributed by atoms with Crippen molar-refractivity contribution in [3.8, 4) is 5.75 Å². The van der Waals surface area contributed by atoms with Crippen molar-refractivity contribution in [1.29, 1.82) is 0 Å². The molecule has 4 nitrogen and oxygen atoms in total. The van der Waals surface area contributed by atoms with Crippen LogP contribution in [0.2, 0.25) is 10.0 Å². The molecule has 2 aromatic carbocycles. The van der Waals surface area contributed by atoms with Crippen LogP contribution in [-0.4, -0.2) is 37.0 Å². The summed E-state index contributed by atoms with van der Waals surface area (Å²) >= 11 is 11.9. The van der Waals surface area contributed by atoms with Gasteiger partial charge < -0.3 is 10.1 Å². The summed E-state index contributed by atoms with van der Waals surface area (Å²) in [4.78, 5) is 14.6. The fourth-order valence-corrected chi connectivity index (χ4v) is 3.78. The van der Waals surface area contributed by atoms with E-state index in [2.05, 4.69) is 10.2 Å². The number of halogens is 3. The van der Waals surface area contributed by atoms with E-state index < -0.39 is 0 Å². The first-order chi connectivity index (χ1) is 12.9. The molecule has 7 heteroatoms. The van der Waals surface area contributed by atoms with Gasteiger partial charge in [-0.3, -0.25) is 9.69 Å². The average molecular weight is 411 g/mol. The highest BCUT2D eigenvalue weighted by molar-refractivity contribution is 6.35. The maximum atomic E-state index is 13.8. The molecule has 1 aliphatic heterocycles. The first kappa shape index (κ1) is 19.9. The Labute approximate surface area is 168 Å². The van der Waals surface area contributed by atoms with Gasteiger partial charge in [0.2, 0.25) is 0 Å². The number of carbonyl (C=O) groups is 1. The highest BCUT2D eigenvalue weighted by Gasteiger charge is 2.22. The minimum atomic E-state index is -0.350. The number of nitrogens with zero attached hydrogens (tertiary/aromatic N) is 1. The molecule has 0 bridgehead atoms. The predicted octanol–water partition coefficient (Wildman–Crippen LogP) is 4.54. The summed E-state index contributed by atoms with van der Waals surface area (Å²) in [7, 11) is 1.45. The number of methoxy groups -OCH3 is 1. The monoisotopic (exact) mass is 410 g/mol. The fourth-order valence-electron chi connectivity index (χ4n) is 3.26. The number of piperidine rings is 1. The predicted molar refractivity (Wildman–Crippen MR) is 105 cm³/mol. The van der Waals surface area contributed by atoms with Crippen molar-refractivity contribution >= 4 is 29.1 Å². The van der Waals surface area contributed by atoms with Gasteiger partial charge in [0, 0.05) is 41.3 Å². The molecule has 27 heavy (non-hydrogen) atoms. The van der Waals surface area contributed by atoms with Gasteiger partial charge in [-0.15, -0.1) is 0 Å². The summed E-state index contributed by atoms with van der Waals surface area (Å²) in [6.45, 7) is 2.33. The number of benzene rings is 2. The number of nitrogens with one attached hydrogen (secondary N) is 1. The van der Waals surface area contributed by atoms with E-state index >= 15 is 0 Å². The van der Waals surface area contributed by atoms with Crippen molar-refractivity contribution in [3.63, 3.8) is 0 Å². The molecule has 0 spiro atoms. The third-order valence-corrected chi connectivity index (χ3v) is 5.11. The van der Waals surface area contributed by atoms with Crippen LogP contribution >= 0.6 is 23.2 Å². The molecule has 1 N–H and O–H groups in total. The lowest BCUT2D eigenvalue weighted by Gasteiger charge is -2.32. The van der Waals surface area contributed by atoms with Gasteiger partial charge in [0.25, 0.3) is 5.91 Å². The van der Waals surface area contributed by atoms with E-state index in [0.29, 0.717) is 22.2 Å². The largest absolute Gasteiger partial charge is 0.494 e. The number of likely N-dealkylation sites (tertiary alicyclic amines) is 1. The number of rotatable bonds is 5. The molecule has 0 atom stereocenters. The topological polar surface area (TPSA) is 41.6 Å². The second kappa shape index (κ2) is 8.91. The highest BCUT2D eigenvalue weighted by Crippen LogP contribution is 2.21. The maximum Gasteiger partial charge on any atom is 0.251 e. The Morgan fingerprint density at radius 3 is 2.44 bits per heavy atom. The first-order valence-electron chi connectivity index (χ1n) is 8.76. The van der Waals surface area contributed by atoms with Gasteiger partial charge in [-0.1, -0.05) is 29.3 Å². The van der Waals surface area contributed by atoms with E-state index in [4.69, 9.17) is 27.9 Å². The number of ether oxygens (including phenoxy) is 1. The second-order valence-electron chi connectivity index (χ2n) is 6.65. The third kappa shape index (κ3) is 5.34. The van der Waals surface area contributed by atoms with E-state index in [1.54, 1.807) is 24.3 Å². The van der Waals surface area contributed by atoms with E-state index in [-0.39, 0.29) is 23.5 Å². The van der Waals surface area contributed by atoms with Gasteiger partial charge in [-0.05, 0) is 48.7 Å². The normalized spacial score (nSPS) is 15.6. The summed E-state index contributed by atoms with van der Waals surface area (Å²) < 4.78 is 18.8.